The summed E-state index contributed by atoms with van der Waals surface area (Å²) in [5.74, 6) is 0.0926. The first-order valence-electron chi connectivity index (χ1n) is 14.4. The largest absolute Gasteiger partial charge is 0.462 e. The third kappa shape index (κ3) is 7.62. The van der Waals surface area contributed by atoms with Crippen LogP contribution in [0.5, 0.6) is 5.75 Å². The van der Waals surface area contributed by atoms with E-state index in [-0.39, 0.29) is 31.3 Å². The molecule has 2 atom stereocenters. The van der Waals surface area contributed by atoms with Crippen LogP contribution in [0.25, 0.3) is 0 Å². The lowest BCUT2D eigenvalue weighted by Crippen LogP contribution is -2.49. The predicted octanol–water partition coefficient (Wildman–Crippen LogP) is 5.73. The van der Waals surface area contributed by atoms with Crippen molar-refractivity contribution in [3.63, 3.8) is 0 Å². The average Bonchev–Trinajstić information content (AvgIpc) is 2.99. The topological polar surface area (TPSA) is 90.9 Å². The van der Waals surface area contributed by atoms with Crippen LogP contribution in [0.2, 0.25) is 0 Å². The molecule has 7 heteroatoms. The summed E-state index contributed by atoms with van der Waals surface area (Å²) >= 11 is 0. The molecule has 0 radical (unpaired) electrons. The second-order valence-electron chi connectivity index (χ2n) is 10.9. The van der Waals surface area contributed by atoms with E-state index in [2.05, 4.69) is 5.32 Å². The van der Waals surface area contributed by atoms with Crippen molar-refractivity contribution in [3.05, 3.63) is 89.2 Å². The van der Waals surface area contributed by atoms with Gasteiger partial charge in [0.05, 0.1) is 0 Å². The van der Waals surface area contributed by atoms with Gasteiger partial charge in [0.2, 0.25) is 12.0 Å². The Kier molecular flexibility index (Phi) is 9.32. The number of fused-ring (bicyclic) bond motifs is 10. The highest BCUT2D eigenvalue weighted by Crippen LogP contribution is 2.29. The zero-order chi connectivity index (χ0) is 27.7. The minimum atomic E-state index is -1.16. The van der Waals surface area contributed by atoms with Crippen LogP contribution in [0.3, 0.4) is 0 Å². The highest BCUT2D eigenvalue weighted by Gasteiger charge is 2.35. The van der Waals surface area contributed by atoms with Crippen LogP contribution in [0.15, 0.2) is 78.1 Å². The number of carbonyl (C=O) groups excluding carboxylic acids is 3. The Labute approximate surface area is 235 Å². The van der Waals surface area contributed by atoms with Gasteiger partial charge in [0.25, 0.3) is 0 Å². The van der Waals surface area contributed by atoms with Crippen LogP contribution in [-0.4, -0.2) is 30.0 Å². The number of ether oxygens (including phenoxy) is 3. The molecule has 0 saturated heterocycles. The maximum absolute atomic E-state index is 13.7. The summed E-state index contributed by atoms with van der Waals surface area (Å²) in [7, 11) is 0. The molecule has 1 unspecified atom stereocenters. The fourth-order valence-corrected chi connectivity index (χ4v) is 5.62. The van der Waals surface area contributed by atoms with Crippen molar-refractivity contribution in [1.82, 2.24) is 5.32 Å². The van der Waals surface area contributed by atoms with Gasteiger partial charge in [0.1, 0.15) is 24.2 Å². The summed E-state index contributed by atoms with van der Waals surface area (Å²) in [6, 6.07) is 16.1. The summed E-state index contributed by atoms with van der Waals surface area (Å²) in [4.78, 5) is 40.0. The molecule has 1 N–H and O–H groups in total. The Hall–Kier alpha value is -3.87. The molecular weight excluding hydrogens is 506 g/mol. The van der Waals surface area contributed by atoms with E-state index in [0.717, 1.165) is 61.8 Å². The van der Waals surface area contributed by atoms with Gasteiger partial charge >= 0.3 is 11.9 Å². The fourth-order valence-electron chi connectivity index (χ4n) is 5.62. The molecule has 7 nitrogen and oxygen atoms in total. The monoisotopic (exact) mass is 543 g/mol. The van der Waals surface area contributed by atoms with E-state index in [9.17, 15) is 14.4 Å². The van der Waals surface area contributed by atoms with Crippen molar-refractivity contribution >= 4 is 17.8 Å². The number of carbonyl (C=O) groups is 3. The number of rotatable bonds is 4. The first-order valence-corrected chi connectivity index (χ1v) is 14.4. The standard InChI is InChI=1S/C33H37NO6/c35-30-19-16-23-14-17-27(18-15-23)39-28-13-7-10-25(20-28)21-29(32(36)38-22-24-8-3-1-4-9-24)40-33(37)31(34-30)26-11-5-2-6-12-26/h1,3-4,7-10,13-14,17,20,26,29,31H,2,5-6,11-12,15-16,18-19,21-22H2,(H,34,35)/t29?,31-/m0/s1. The van der Waals surface area contributed by atoms with Crippen molar-refractivity contribution in [2.75, 3.05) is 0 Å². The van der Waals surface area contributed by atoms with Gasteiger partial charge < -0.3 is 19.5 Å². The zero-order valence-electron chi connectivity index (χ0n) is 22.8. The average molecular weight is 544 g/mol. The maximum atomic E-state index is 13.7. The second-order valence-corrected chi connectivity index (χ2v) is 10.9. The molecule has 2 aromatic rings. The minimum absolute atomic E-state index is 0.0237. The van der Waals surface area contributed by atoms with Crippen molar-refractivity contribution in [1.29, 1.82) is 0 Å². The first-order chi connectivity index (χ1) is 19.5. The van der Waals surface area contributed by atoms with Gasteiger partial charge in [0.15, 0.2) is 0 Å². The van der Waals surface area contributed by atoms with E-state index in [1.54, 1.807) is 0 Å². The molecule has 2 aromatic carbocycles. The Morgan fingerprint density at radius 3 is 2.48 bits per heavy atom. The zero-order valence-corrected chi connectivity index (χ0v) is 22.8. The Morgan fingerprint density at radius 2 is 1.70 bits per heavy atom. The number of hydrogen-bond donors (Lipinski definition) is 1. The summed E-state index contributed by atoms with van der Waals surface area (Å²) in [6.45, 7) is 0.0726. The highest BCUT2D eigenvalue weighted by molar-refractivity contribution is 5.87. The third-order valence-corrected chi connectivity index (χ3v) is 7.88. The van der Waals surface area contributed by atoms with Crippen LogP contribution in [-0.2, 0) is 36.9 Å². The van der Waals surface area contributed by atoms with E-state index in [1.807, 2.05) is 66.7 Å². The molecule has 1 fully saturated rings. The van der Waals surface area contributed by atoms with Crippen LogP contribution in [0, 0.1) is 5.92 Å². The molecular formula is C33H37NO6. The Morgan fingerprint density at radius 1 is 0.900 bits per heavy atom. The predicted molar refractivity (Wildman–Crippen MR) is 150 cm³/mol. The molecule has 1 saturated carbocycles. The number of amides is 1. The van der Waals surface area contributed by atoms with Crippen molar-refractivity contribution < 1.29 is 28.6 Å². The van der Waals surface area contributed by atoms with E-state index in [1.165, 1.54) is 5.57 Å². The summed E-state index contributed by atoms with van der Waals surface area (Å²) < 4.78 is 17.6. The summed E-state index contributed by atoms with van der Waals surface area (Å²) in [6.07, 6.45) is 10.2. The van der Waals surface area contributed by atoms with E-state index in [4.69, 9.17) is 14.2 Å². The Bertz CT molecular complexity index is 1260. The smallest absolute Gasteiger partial charge is 0.348 e. The maximum Gasteiger partial charge on any atom is 0.348 e. The molecule has 210 valence electrons. The van der Waals surface area contributed by atoms with Gasteiger partial charge in [-0.05, 0) is 60.9 Å². The molecule has 0 aromatic heterocycles. The third-order valence-electron chi connectivity index (χ3n) is 7.88. The van der Waals surface area contributed by atoms with Gasteiger partial charge in [-0.3, -0.25) is 4.79 Å². The molecule has 40 heavy (non-hydrogen) atoms. The van der Waals surface area contributed by atoms with Crippen molar-refractivity contribution in [2.24, 2.45) is 5.92 Å². The molecule has 4 aliphatic rings. The minimum Gasteiger partial charge on any atom is -0.462 e. The molecule has 1 amide bonds. The van der Waals surface area contributed by atoms with Crippen LogP contribution < -0.4 is 10.1 Å². The normalized spacial score (nSPS) is 22.6. The van der Waals surface area contributed by atoms with Gasteiger partial charge in [-0.2, -0.15) is 0 Å². The van der Waals surface area contributed by atoms with Gasteiger partial charge in [-0.25, -0.2) is 9.59 Å². The molecule has 4 bridgehead atoms. The molecule has 2 heterocycles. The van der Waals surface area contributed by atoms with E-state index < -0.39 is 24.1 Å². The first kappa shape index (κ1) is 27.7. The quantitative estimate of drug-likeness (QED) is 0.496. The number of hydrogen-bond acceptors (Lipinski definition) is 6. The number of esters is 2. The lowest BCUT2D eigenvalue weighted by Gasteiger charge is -2.30. The Balaban J connectivity index is 1.42. The second kappa shape index (κ2) is 13.5. The summed E-state index contributed by atoms with van der Waals surface area (Å²) in [5, 5.41) is 2.98. The molecule has 6 rings (SSSR count). The van der Waals surface area contributed by atoms with Gasteiger partial charge in [-0.15, -0.1) is 0 Å². The molecule has 0 spiro atoms. The van der Waals surface area contributed by atoms with Gasteiger partial charge in [0, 0.05) is 19.3 Å². The SMILES string of the molecule is O=C1CCC2=CC=C(CC2)Oc2cccc(c2)CC(C(=O)OCc2ccccc2)OC(=O)[C@H](C2CCCCC2)N1. The van der Waals surface area contributed by atoms with Crippen LogP contribution in [0.1, 0.15) is 68.9 Å². The van der Waals surface area contributed by atoms with Crippen molar-refractivity contribution in [3.8, 4) is 5.75 Å². The lowest BCUT2D eigenvalue weighted by atomic mass is 9.83. The van der Waals surface area contributed by atoms with E-state index >= 15 is 0 Å². The van der Waals surface area contributed by atoms with Crippen LogP contribution in [0.4, 0.5) is 0 Å². The molecule has 2 aliphatic carbocycles. The van der Waals surface area contributed by atoms with Crippen LogP contribution >= 0.6 is 0 Å². The highest BCUT2D eigenvalue weighted by atomic mass is 16.6. The number of nitrogens with one attached hydrogen (secondary N) is 1. The van der Waals surface area contributed by atoms with Gasteiger partial charge in [-0.1, -0.05) is 73.4 Å². The van der Waals surface area contributed by atoms with E-state index in [0.29, 0.717) is 12.2 Å². The number of benzene rings is 2. The molecule has 2 aliphatic heterocycles. The fraction of sp³-hybridized carbons (Fsp3) is 0.424. The summed E-state index contributed by atoms with van der Waals surface area (Å²) in [5.41, 5.74) is 2.80. The van der Waals surface area contributed by atoms with Crippen molar-refractivity contribution in [2.45, 2.75) is 83.0 Å². The lowest BCUT2D eigenvalue weighted by molar-refractivity contribution is -0.171. The number of allylic oxidation sites excluding steroid dienone is 4.